The molecule has 1 aromatic heterocycles. The van der Waals surface area contributed by atoms with E-state index in [1.54, 1.807) is 63.6 Å². The number of ketones is 4. The molecule has 2 fully saturated rings. The van der Waals surface area contributed by atoms with Gasteiger partial charge in [0.15, 0.2) is 17.3 Å². The van der Waals surface area contributed by atoms with Crippen LogP contribution in [0.2, 0.25) is 0 Å². The molecule has 2 aromatic rings. The lowest BCUT2D eigenvalue weighted by Crippen LogP contribution is -2.55. The zero-order chi connectivity index (χ0) is 103. The van der Waals surface area contributed by atoms with Gasteiger partial charge in [0.25, 0.3) is 0 Å². The van der Waals surface area contributed by atoms with E-state index >= 15 is 4.79 Å². The minimum Gasteiger partial charge on any atom is -0.386 e. The second-order valence-electron chi connectivity index (χ2n) is 40.5. The number of aliphatic hydroxyl groups is 1. The summed E-state index contributed by atoms with van der Waals surface area (Å²) in [5, 5.41) is 31.9. The molecular formula is C105H176N11O24+. The molecular weight excluding hydrogens is 1800 g/mol. The number of quaternary nitrogens is 1. The Bertz CT molecular complexity index is 4050. The van der Waals surface area contributed by atoms with Crippen molar-refractivity contribution in [2.24, 2.45) is 59.2 Å². The zero-order valence-corrected chi connectivity index (χ0v) is 87.9. The summed E-state index contributed by atoms with van der Waals surface area (Å²) in [4.78, 5) is 159. The van der Waals surface area contributed by atoms with Gasteiger partial charge in [0.2, 0.25) is 41.4 Å². The number of hydrogen-bond donors (Lipinski definition) is 5. The number of benzene rings is 1. The Kier molecular flexibility index (Phi) is 57.4. The number of hydrogen-bond acceptors (Lipinski definition) is 26. The molecule has 3 aliphatic carbocycles. The minimum absolute atomic E-state index is 0.00109. The number of fused-ring (bicyclic) bond motifs is 2. The summed E-state index contributed by atoms with van der Waals surface area (Å²) in [6.07, 6.45) is 8.94. The van der Waals surface area contributed by atoms with Gasteiger partial charge in [0, 0.05) is 117 Å². The molecule has 1 aliphatic heterocycles. The summed E-state index contributed by atoms with van der Waals surface area (Å²) in [6, 6.07) is 5.33. The van der Waals surface area contributed by atoms with Crippen molar-refractivity contribution in [3.63, 3.8) is 0 Å². The number of nitrogens with zero attached hydrogens (tertiary/aromatic N) is 7. The van der Waals surface area contributed by atoms with Gasteiger partial charge in [-0.3, -0.25) is 52.7 Å². The molecule has 794 valence electrons. The number of Topliss-reactive ketones (excluding diaryl/α,β-unsaturated/α-hetero) is 4. The fourth-order valence-corrected chi connectivity index (χ4v) is 19.0. The van der Waals surface area contributed by atoms with Gasteiger partial charge in [-0.1, -0.05) is 130 Å². The highest BCUT2D eigenvalue weighted by Crippen LogP contribution is 2.48. The molecule has 140 heavy (non-hydrogen) atoms. The van der Waals surface area contributed by atoms with Crippen LogP contribution in [0.3, 0.4) is 0 Å². The normalized spacial score (nSPS) is 19.2. The monoisotopic (exact) mass is 1980 g/mol. The summed E-state index contributed by atoms with van der Waals surface area (Å²) in [6.45, 7) is 27.9. The van der Waals surface area contributed by atoms with Crippen LogP contribution in [-0.4, -0.2) is 347 Å². The van der Waals surface area contributed by atoms with Crippen molar-refractivity contribution in [3.05, 3.63) is 47.3 Å². The van der Waals surface area contributed by atoms with E-state index < -0.39 is 108 Å². The molecule has 4 aliphatic rings. The number of likely N-dealkylation sites (tertiary alicyclic amines) is 1. The number of rotatable bonds is 75. The number of ether oxygens (including phenoxy) is 12. The van der Waals surface area contributed by atoms with Gasteiger partial charge in [-0.2, -0.15) is 0 Å². The van der Waals surface area contributed by atoms with Crippen molar-refractivity contribution >= 4 is 64.5 Å². The lowest BCUT2D eigenvalue weighted by Gasteiger charge is -2.41. The van der Waals surface area contributed by atoms with E-state index in [0.29, 0.717) is 186 Å². The van der Waals surface area contributed by atoms with Gasteiger partial charge >= 0.3 is 0 Å². The third-order valence-electron chi connectivity index (χ3n) is 27.4. The van der Waals surface area contributed by atoms with Gasteiger partial charge in [-0.15, -0.1) is 16.9 Å². The van der Waals surface area contributed by atoms with Gasteiger partial charge in [-0.05, 0) is 112 Å². The molecule has 1 saturated carbocycles. The number of aliphatic hydroxyl groups excluding tert-OH is 1. The van der Waals surface area contributed by atoms with Gasteiger partial charge in [-0.25, -0.2) is 4.68 Å². The number of carbonyl (C=O) groups excluding carboxylic acids is 11. The molecule has 1 aromatic carbocycles. The largest absolute Gasteiger partial charge is 0.386 e. The highest BCUT2D eigenvalue weighted by molar-refractivity contribution is 5.96. The molecule has 6 rings (SSSR count). The number of likely N-dealkylation sites (N-methyl/N-ethyl adjacent to an activating group) is 3. The molecule has 1 saturated heterocycles. The first-order chi connectivity index (χ1) is 67.0. The Labute approximate surface area is 834 Å². The third kappa shape index (κ3) is 43.3. The summed E-state index contributed by atoms with van der Waals surface area (Å²) in [5.41, 5.74) is 2.31. The van der Waals surface area contributed by atoms with Crippen LogP contribution >= 0.6 is 0 Å². The average molecular weight is 1980 g/mol. The lowest BCUT2D eigenvalue weighted by molar-refractivity contribution is -0.869. The number of carbonyl (C=O) groups is 11. The molecule has 0 spiro atoms. The smallest absolute Gasteiger partial charge is 0.246 e. The van der Waals surface area contributed by atoms with Crippen molar-refractivity contribution in [2.75, 3.05) is 195 Å². The van der Waals surface area contributed by atoms with Crippen molar-refractivity contribution in [1.82, 2.24) is 51.0 Å². The predicted molar refractivity (Wildman–Crippen MR) is 530 cm³/mol. The first-order valence-electron chi connectivity index (χ1n) is 51.9. The molecule has 2 heterocycles. The quantitative estimate of drug-likeness (QED) is 0.0234. The van der Waals surface area contributed by atoms with E-state index in [9.17, 15) is 53.1 Å². The summed E-state index contributed by atoms with van der Waals surface area (Å²) in [5.74, 6) is -0.488. The van der Waals surface area contributed by atoms with E-state index in [1.165, 1.54) is 26.2 Å². The molecule has 17 atom stereocenters. The maximum atomic E-state index is 15.2. The van der Waals surface area contributed by atoms with Gasteiger partial charge < -0.3 is 102 Å². The van der Waals surface area contributed by atoms with Crippen LogP contribution in [0.1, 0.15) is 247 Å². The highest BCUT2D eigenvalue weighted by Gasteiger charge is 2.51. The van der Waals surface area contributed by atoms with Crippen molar-refractivity contribution in [2.45, 2.75) is 291 Å². The van der Waals surface area contributed by atoms with Crippen LogP contribution in [0.25, 0.3) is 0 Å². The van der Waals surface area contributed by atoms with E-state index in [2.05, 4.69) is 64.6 Å². The minimum atomic E-state index is -1.07. The molecule has 35 heteroatoms. The summed E-state index contributed by atoms with van der Waals surface area (Å²) in [7, 11) is 12.5. The number of aromatic nitrogens is 3. The van der Waals surface area contributed by atoms with Crippen LogP contribution in [-0.2, 0) is 123 Å². The second kappa shape index (κ2) is 66.4. The number of methoxy groups -OCH3 is 2. The molecule has 35 nitrogen and oxygen atoms in total. The Morgan fingerprint density at radius 1 is 0.564 bits per heavy atom. The molecule has 0 bridgehead atoms. The maximum Gasteiger partial charge on any atom is 0.246 e. The Morgan fingerprint density at radius 3 is 1.75 bits per heavy atom. The van der Waals surface area contributed by atoms with Crippen molar-refractivity contribution in [1.29, 1.82) is 0 Å². The Balaban J connectivity index is 0.991. The second-order valence-corrected chi connectivity index (χ2v) is 40.5. The average Bonchev–Trinajstić information content (AvgIpc) is 1.62. The first kappa shape index (κ1) is 121. The zero-order valence-electron chi connectivity index (χ0n) is 87.9. The number of unbranched alkanes of at least 4 members (excludes halogenated alkanes) is 1. The van der Waals surface area contributed by atoms with Crippen molar-refractivity contribution < 1.29 is 119 Å². The standard InChI is InChI=1S/C105H175N11O24/c1-19-75(8)98(91(129-17)69-94(123)114-47-32-41-87(114)100(130-18)77(10)102(125)108-78(11)99(124)79-34-24-22-25-35-79)113(13)105(128)85(72(2)3)68-89(120)97(74(6)7)112(12)104(127)76(9)66-88(119)95(73(4)5)109-103(126)80(67-81(117)43-51-132-55-59-136-63-62-135-58-54-131-50-33-37-82(118)70-140-101-83-38-26-20-21-27-39-84(83)101)36-30-31-45-106-93(122)71-139-90-42-29-23-28-40-86-96(90)110-111-115(86)48-53-134-57-61-138-65-64-137-60-56-133-52-44-92(121)107-46-49-116(14,15)16/h22,24-25,34-35,72-78,80,83-85,87,90-91,95,97-101,124H,19,23,26-33,36-71H2,1-18H3,(H3-,106,107,108,109,121,122,125,126)/p+1/t75-,76+,77+,78+,80-,83-,84+,85-,87-,90?,91+,95-,97-,98-,99+,100+,101?/m0/s1. The molecule has 0 radical (unpaired) electrons. The summed E-state index contributed by atoms with van der Waals surface area (Å²) >= 11 is 0. The summed E-state index contributed by atoms with van der Waals surface area (Å²) < 4.78 is 72.6. The van der Waals surface area contributed by atoms with Crippen LogP contribution in [0.4, 0.5) is 0 Å². The van der Waals surface area contributed by atoms with E-state index in [1.807, 2.05) is 64.4 Å². The molecule has 5 N–H and O–H groups in total. The Morgan fingerprint density at radius 2 is 1.16 bits per heavy atom. The fourth-order valence-electron chi connectivity index (χ4n) is 19.0. The maximum absolute atomic E-state index is 15.2. The molecule has 2 unspecified atom stereocenters. The Hall–Kier alpha value is -7.67. The number of amides is 7. The highest BCUT2D eigenvalue weighted by atomic mass is 16.6. The molecule has 7 amide bonds. The number of nitrogens with one attached hydrogen (secondary N) is 4. The third-order valence-corrected chi connectivity index (χ3v) is 27.4. The van der Waals surface area contributed by atoms with Gasteiger partial charge in [0.1, 0.15) is 30.8 Å². The van der Waals surface area contributed by atoms with Gasteiger partial charge in [0.05, 0.1) is 213 Å². The first-order valence-corrected chi connectivity index (χ1v) is 51.9. The SMILES string of the molecule is CC[C@H](C)[C@@H]([C@@H](CC(=O)N1CCC[C@H]1[C@H](OC)[C@@H](C)C(=O)N[C@H](C)[C@@H](O)c1ccccc1)OC)N(C)C(=O)[C@@H](CC(=O)[C@H](C(C)C)N(C)C(=O)[C@H](C)CC(=O)[C@@H](NC(=O)[C@@H](CCCCNC(=O)COC1CCCCCc2c1nnn2CCOCCOCCOCCOCCC(=O)NCC[N+](C)(C)C)CC(=O)CCOCCOCCOCCOCCCC(=O)COC1[C@H]2CCC#CCC[C@@H]12)C(C)C)C(C)C. The topological polar surface area (TPSA) is 407 Å². The van der Waals surface area contributed by atoms with E-state index in [-0.39, 0.29) is 143 Å². The van der Waals surface area contributed by atoms with E-state index in [0.717, 1.165) is 68.1 Å². The van der Waals surface area contributed by atoms with E-state index in [4.69, 9.17) is 56.8 Å². The van der Waals surface area contributed by atoms with Crippen LogP contribution in [0, 0.1) is 71.0 Å². The van der Waals surface area contributed by atoms with Crippen LogP contribution in [0.5, 0.6) is 0 Å². The predicted octanol–water partition coefficient (Wildman–Crippen LogP) is 9.22. The van der Waals surface area contributed by atoms with Crippen LogP contribution < -0.4 is 21.3 Å². The van der Waals surface area contributed by atoms with Crippen LogP contribution in [0.15, 0.2) is 30.3 Å². The lowest BCUT2D eigenvalue weighted by atomic mass is 9.83. The fraction of sp³-hybridized carbons (Fsp3) is 0.800. The van der Waals surface area contributed by atoms with Crippen molar-refractivity contribution in [3.8, 4) is 11.8 Å².